The van der Waals surface area contributed by atoms with Gasteiger partial charge in [-0.1, -0.05) is 17.8 Å². The molecule has 1 amide bonds. The number of carbonyl (C=O) groups excluding carboxylic acids is 2. The summed E-state index contributed by atoms with van der Waals surface area (Å²) in [7, 11) is 0. The number of ether oxygens (including phenoxy) is 1. The van der Waals surface area contributed by atoms with Crippen molar-refractivity contribution in [2.75, 3.05) is 17.7 Å². The second-order valence-corrected chi connectivity index (χ2v) is 7.82. The number of benzene rings is 1. The van der Waals surface area contributed by atoms with E-state index in [0.717, 1.165) is 20.7 Å². The second-order valence-electron chi connectivity index (χ2n) is 5.65. The molecule has 2 aromatic heterocycles. The molecular weight excluding hydrogens is 389 g/mol. The number of hydrogen-bond donors (Lipinski definition) is 1. The summed E-state index contributed by atoms with van der Waals surface area (Å²) in [4.78, 5) is 34.3. The summed E-state index contributed by atoms with van der Waals surface area (Å²) < 4.78 is 18.1. The molecule has 6 nitrogen and oxygen atoms in total. The molecule has 0 aliphatic rings. The Labute approximate surface area is 163 Å². The van der Waals surface area contributed by atoms with E-state index in [4.69, 9.17) is 4.74 Å². The highest BCUT2D eigenvalue weighted by molar-refractivity contribution is 8.00. The largest absolute Gasteiger partial charge is 0.455 e. The van der Waals surface area contributed by atoms with Crippen molar-refractivity contribution >= 4 is 50.9 Å². The molecule has 0 saturated heterocycles. The van der Waals surface area contributed by atoms with E-state index in [2.05, 4.69) is 15.3 Å². The Balaban J connectivity index is 1.52. The van der Waals surface area contributed by atoms with Crippen LogP contribution in [0, 0.1) is 19.7 Å². The fourth-order valence-electron chi connectivity index (χ4n) is 2.34. The lowest BCUT2D eigenvalue weighted by molar-refractivity contribution is -0.144. The Morgan fingerprint density at radius 2 is 2.11 bits per heavy atom. The maximum Gasteiger partial charge on any atom is 0.316 e. The third-order valence-electron chi connectivity index (χ3n) is 3.73. The fraction of sp³-hybridized carbons (Fsp3) is 0.222. The molecule has 1 aromatic carbocycles. The fourth-order valence-corrected chi connectivity index (χ4v) is 4.25. The Hall–Kier alpha value is -2.52. The van der Waals surface area contributed by atoms with Gasteiger partial charge in [0.15, 0.2) is 6.61 Å². The number of halogens is 1. The minimum Gasteiger partial charge on any atom is -0.455 e. The monoisotopic (exact) mass is 405 g/mol. The first-order chi connectivity index (χ1) is 12.9. The van der Waals surface area contributed by atoms with E-state index >= 15 is 0 Å². The molecule has 0 atom stereocenters. The van der Waals surface area contributed by atoms with E-state index in [1.807, 2.05) is 13.8 Å². The summed E-state index contributed by atoms with van der Waals surface area (Å²) >= 11 is 2.83. The summed E-state index contributed by atoms with van der Waals surface area (Å²) in [5.74, 6) is -1.51. The summed E-state index contributed by atoms with van der Waals surface area (Å²) in [5.41, 5.74) is 1.40. The minimum absolute atomic E-state index is 0.0215. The van der Waals surface area contributed by atoms with Crippen molar-refractivity contribution in [3.8, 4) is 0 Å². The number of fused-ring (bicyclic) bond motifs is 1. The van der Waals surface area contributed by atoms with Gasteiger partial charge in [-0.05, 0) is 37.6 Å². The van der Waals surface area contributed by atoms with Crippen molar-refractivity contribution in [2.45, 2.75) is 18.9 Å². The highest BCUT2D eigenvalue weighted by Crippen LogP contribution is 2.34. The van der Waals surface area contributed by atoms with Gasteiger partial charge in [0.2, 0.25) is 0 Å². The number of carbonyl (C=O) groups is 2. The number of thiophene rings is 1. The van der Waals surface area contributed by atoms with Crippen molar-refractivity contribution in [3.63, 3.8) is 0 Å². The van der Waals surface area contributed by atoms with Crippen molar-refractivity contribution < 1.29 is 18.7 Å². The Morgan fingerprint density at radius 1 is 1.30 bits per heavy atom. The molecule has 0 bridgehead atoms. The first kappa shape index (κ1) is 19.2. The van der Waals surface area contributed by atoms with Crippen LogP contribution in [0.3, 0.4) is 0 Å². The van der Waals surface area contributed by atoms with Gasteiger partial charge in [-0.25, -0.2) is 14.4 Å². The Bertz CT molecular complexity index is 1010. The minimum atomic E-state index is -0.536. The van der Waals surface area contributed by atoms with Crippen LogP contribution in [-0.2, 0) is 14.3 Å². The van der Waals surface area contributed by atoms with Crippen molar-refractivity contribution in [2.24, 2.45) is 0 Å². The van der Waals surface area contributed by atoms with Gasteiger partial charge in [-0.15, -0.1) is 11.3 Å². The molecule has 0 radical (unpaired) electrons. The summed E-state index contributed by atoms with van der Waals surface area (Å²) in [5, 5.41) is 4.12. The van der Waals surface area contributed by atoms with Crippen molar-refractivity contribution in [1.82, 2.24) is 9.97 Å². The normalized spacial score (nSPS) is 10.8. The molecule has 0 spiro atoms. The average molecular weight is 405 g/mol. The molecule has 1 N–H and O–H groups in total. The van der Waals surface area contributed by atoms with Gasteiger partial charge >= 0.3 is 5.97 Å². The van der Waals surface area contributed by atoms with E-state index < -0.39 is 24.3 Å². The van der Waals surface area contributed by atoms with E-state index in [0.29, 0.717) is 10.7 Å². The second kappa shape index (κ2) is 8.45. The number of rotatable bonds is 6. The van der Waals surface area contributed by atoms with Crippen LogP contribution in [0.4, 0.5) is 10.1 Å². The smallest absolute Gasteiger partial charge is 0.316 e. The van der Waals surface area contributed by atoms with E-state index in [1.165, 1.54) is 36.3 Å². The zero-order valence-electron chi connectivity index (χ0n) is 14.6. The predicted molar refractivity (Wildman–Crippen MR) is 104 cm³/mol. The molecule has 0 unspecified atom stereocenters. The highest BCUT2D eigenvalue weighted by Gasteiger charge is 2.15. The maximum absolute atomic E-state index is 13.1. The number of hydrogen-bond acceptors (Lipinski definition) is 7. The first-order valence-corrected chi connectivity index (χ1v) is 9.79. The lowest BCUT2D eigenvalue weighted by Crippen LogP contribution is -2.21. The Kier molecular flexibility index (Phi) is 6.02. The average Bonchev–Trinajstić information content (AvgIpc) is 2.93. The number of aromatic nitrogens is 2. The third-order valence-corrected chi connectivity index (χ3v) is 5.81. The molecule has 3 rings (SSSR count). The van der Waals surface area contributed by atoms with Gasteiger partial charge in [-0.3, -0.25) is 9.59 Å². The summed E-state index contributed by atoms with van der Waals surface area (Å²) in [6.45, 7) is 3.57. The van der Waals surface area contributed by atoms with Gasteiger partial charge in [-0.2, -0.15) is 0 Å². The van der Waals surface area contributed by atoms with Crippen LogP contribution in [0.2, 0.25) is 0 Å². The SMILES string of the molecule is Cc1sc2ncnc(SCC(=O)OCC(=O)Nc3cccc(F)c3)c2c1C. The molecule has 0 aliphatic carbocycles. The van der Waals surface area contributed by atoms with Crippen molar-refractivity contribution in [1.29, 1.82) is 0 Å². The number of nitrogens with zero attached hydrogens (tertiary/aromatic N) is 2. The van der Waals surface area contributed by atoms with E-state index in [-0.39, 0.29) is 5.75 Å². The van der Waals surface area contributed by atoms with Crippen LogP contribution in [0.15, 0.2) is 35.6 Å². The van der Waals surface area contributed by atoms with Gasteiger partial charge in [0.05, 0.1) is 5.75 Å². The molecule has 2 heterocycles. The number of aryl methyl sites for hydroxylation is 2. The topological polar surface area (TPSA) is 81.2 Å². The van der Waals surface area contributed by atoms with Crippen LogP contribution < -0.4 is 5.32 Å². The van der Waals surface area contributed by atoms with Crippen LogP contribution >= 0.6 is 23.1 Å². The van der Waals surface area contributed by atoms with Gasteiger partial charge in [0.1, 0.15) is 22.0 Å². The van der Waals surface area contributed by atoms with E-state index in [1.54, 1.807) is 17.4 Å². The number of esters is 1. The highest BCUT2D eigenvalue weighted by atomic mass is 32.2. The third kappa shape index (κ3) is 4.81. The first-order valence-electron chi connectivity index (χ1n) is 7.98. The lowest BCUT2D eigenvalue weighted by Gasteiger charge is -2.07. The molecule has 0 saturated carbocycles. The van der Waals surface area contributed by atoms with Crippen LogP contribution in [0.5, 0.6) is 0 Å². The number of amides is 1. The summed E-state index contributed by atoms with van der Waals surface area (Å²) in [6.07, 6.45) is 1.47. The molecular formula is C18H16FN3O3S2. The quantitative estimate of drug-likeness (QED) is 0.382. The Morgan fingerprint density at radius 3 is 2.89 bits per heavy atom. The predicted octanol–water partition coefficient (Wildman–Crippen LogP) is 3.72. The van der Waals surface area contributed by atoms with Crippen LogP contribution in [0.1, 0.15) is 10.4 Å². The van der Waals surface area contributed by atoms with Crippen LogP contribution in [0.25, 0.3) is 10.2 Å². The maximum atomic E-state index is 13.1. The zero-order valence-corrected chi connectivity index (χ0v) is 16.2. The molecule has 27 heavy (non-hydrogen) atoms. The zero-order chi connectivity index (χ0) is 19.4. The number of nitrogens with one attached hydrogen (secondary N) is 1. The van der Waals surface area contributed by atoms with Gasteiger partial charge in [0, 0.05) is 16.0 Å². The molecule has 3 aromatic rings. The number of anilines is 1. The standard InChI is InChI=1S/C18H16FN3O3S2/c1-10-11(2)27-18-16(10)17(20-9-21-18)26-8-15(24)25-7-14(23)22-13-5-3-4-12(19)6-13/h3-6,9H,7-8H2,1-2H3,(H,22,23). The van der Waals surface area contributed by atoms with Crippen LogP contribution in [-0.4, -0.2) is 34.2 Å². The van der Waals surface area contributed by atoms with Gasteiger partial charge < -0.3 is 10.1 Å². The van der Waals surface area contributed by atoms with E-state index in [9.17, 15) is 14.0 Å². The van der Waals surface area contributed by atoms with Gasteiger partial charge in [0.25, 0.3) is 5.91 Å². The molecule has 140 valence electrons. The molecule has 0 aliphatic heterocycles. The lowest BCUT2D eigenvalue weighted by atomic mass is 10.2. The number of thioether (sulfide) groups is 1. The summed E-state index contributed by atoms with van der Waals surface area (Å²) in [6, 6.07) is 5.48. The molecule has 9 heteroatoms. The van der Waals surface area contributed by atoms with Crippen molar-refractivity contribution in [3.05, 3.63) is 46.9 Å². The molecule has 0 fully saturated rings.